The first-order chi connectivity index (χ1) is 9.10. The minimum atomic E-state index is 0.278. The summed E-state index contributed by atoms with van der Waals surface area (Å²) in [6.07, 6.45) is 6.18. The lowest BCUT2D eigenvalue weighted by atomic mass is 9.82. The van der Waals surface area contributed by atoms with Crippen molar-refractivity contribution in [2.24, 2.45) is 11.8 Å². The highest BCUT2D eigenvalue weighted by Gasteiger charge is 2.29. The lowest BCUT2D eigenvalue weighted by Gasteiger charge is -2.31. The lowest BCUT2D eigenvalue weighted by Crippen LogP contribution is -2.28. The van der Waals surface area contributed by atoms with Crippen LogP contribution in [0.1, 0.15) is 57.7 Å². The number of aromatic nitrogens is 2. The summed E-state index contributed by atoms with van der Waals surface area (Å²) in [5.74, 6) is 4.04. The second-order valence-electron chi connectivity index (χ2n) is 6.42. The highest BCUT2D eigenvalue weighted by atomic mass is 16.5. The third-order valence-electron chi connectivity index (χ3n) is 4.10. The molecule has 104 valence electrons. The fraction of sp³-hybridized carbons (Fsp3) is 0.733. The van der Waals surface area contributed by atoms with Gasteiger partial charge in [0, 0.05) is 12.0 Å². The largest absolute Gasteiger partial charge is 0.474 e. The number of anilines is 1. The number of hydrogen-bond donors (Lipinski definition) is 1. The average Bonchev–Trinajstić information content (AvgIpc) is 3.09. The Hall–Kier alpha value is -1.32. The maximum absolute atomic E-state index is 6.06. The van der Waals surface area contributed by atoms with Crippen molar-refractivity contribution in [3.63, 3.8) is 0 Å². The number of nitrogens with zero attached hydrogens (tertiary/aromatic N) is 2. The van der Waals surface area contributed by atoms with Crippen molar-refractivity contribution in [2.45, 2.75) is 58.0 Å². The molecule has 3 rings (SSSR count). The SMILES string of the molecule is CC1CC(C)CC(Oc2cc(N)nc(C3CC3)n2)C1. The van der Waals surface area contributed by atoms with Crippen LogP contribution in [0.15, 0.2) is 6.07 Å². The van der Waals surface area contributed by atoms with Crippen LogP contribution in [0.25, 0.3) is 0 Å². The summed E-state index contributed by atoms with van der Waals surface area (Å²) in [5.41, 5.74) is 5.85. The molecule has 4 nitrogen and oxygen atoms in total. The van der Waals surface area contributed by atoms with Gasteiger partial charge in [-0.05, 0) is 43.9 Å². The van der Waals surface area contributed by atoms with E-state index in [9.17, 15) is 0 Å². The Kier molecular flexibility index (Phi) is 3.33. The third kappa shape index (κ3) is 3.17. The van der Waals surface area contributed by atoms with Gasteiger partial charge in [0.1, 0.15) is 17.7 Å². The normalized spacial score (nSPS) is 31.2. The van der Waals surface area contributed by atoms with Gasteiger partial charge in [-0.25, -0.2) is 4.98 Å². The monoisotopic (exact) mass is 261 g/mol. The first-order valence-electron chi connectivity index (χ1n) is 7.41. The first kappa shape index (κ1) is 12.7. The van der Waals surface area contributed by atoms with E-state index < -0.39 is 0 Å². The Bertz CT molecular complexity index is 449. The molecule has 19 heavy (non-hydrogen) atoms. The van der Waals surface area contributed by atoms with Crippen molar-refractivity contribution in [2.75, 3.05) is 5.73 Å². The van der Waals surface area contributed by atoms with E-state index in [2.05, 4.69) is 23.8 Å². The van der Waals surface area contributed by atoms with E-state index in [1.54, 1.807) is 6.07 Å². The maximum atomic E-state index is 6.06. The quantitative estimate of drug-likeness (QED) is 0.908. The molecule has 0 saturated heterocycles. The summed E-state index contributed by atoms with van der Waals surface area (Å²) in [6.45, 7) is 4.60. The Balaban J connectivity index is 1.71. The number of ether oxygens (including phenoxy) is 1. The number of nitrogen functional groups attached to an aromatic ring is 1. The summed E-state index contributed by atoms with van der Waals surface area (Å²) >= 11 is 0. The van der Waals surface area contributed by atoms with Crippen LogP contribution in [0, 0.1) is 11.8 Å². The first-order valence-corrected chi connectivity index (χ1v) is 7.41. The molecule has 1 aromatic rings. The van der Waals surface area contributed by atoms with Crippen LogP contribution in [0.3, 0.4) is 0 Å². The number of nitrogens with two attached hydrogens (primary N) is 1. The van der Waals surface area contributed by atoms with E-state index in [1.807, 2.05) is 0 Å². The van der Waals surface area contributed by atoms with Crippen molar-refractivity contribution >= 4 is 5.82 Å². The molecule has 0 aromatic carbocycles. The van der Waals surface area contributed by atoms with Crippen molar-refractivity contribution < 1.29 is 4.74 Å². The van der Waals surface area contributed by atoms with Crippen LogP contribution >= 0.6 is 0 Å². The van der Waals surface area contributed by atoms with Gasteiger partial charge in [-0.15, -0.1) is 0 Å². The summed E-state index contributed by atoms with van der Waals surface area (Å²) in [5, 5.41) is 0. The maximum Gasteiger partial charge on any atom is 0.219 e. The predicted octanol–water partition coefficient (Wildman–Crippen LogP) is 3.14. The standard InChI is InChI=1S/C15H23N3O/c1-9-5-10(2)7-12(6-9)19-14-8-13(16)17-15(18-14)11-3-4-11/h8-12H,3-7H2,1-2H3,(H2,16,17,18). The molecule has 0 bridgehead atoms. The van der Waals surface area contributed by atoms with Crippen molar-refractivity contribution in [1.29, 1.82) is 0 Å². The fourth-order valence-electron chi connectivity index (χ4n) is 3.19. The van der Waals surface area contributed by atoms with Gasteiger partial charge in [-0.3, -0.25) is 0 Å². The molecule has 0 radical (unpaired) electrons. The molecule has 2 fully saturated rings. The minimum Gasteiger partial charge on any atom is -0.474 e. The van der Waals surface area contributed by atoms with Crippen LogP contribution in [0.5, 0.6) is 5.88 Å². The molecule has 1 aromatic heterocycles. The Labute approximate surface area is 114 Å². The smallest absolute Gasteiger partial charge is 0.219 e. The Morgan fingerprint density at radius 1 is 1.11 bits per heavy atom. The van der Waals surface area contributed by atoms with Crippen molar-refractivity contribution in [3.05, 3.63) is 11.9 Å². The second-order valence-corrected chi connectivity index (χ2v) is 6.42. The topological polar surface area (TPSA) is 61.0 Å². The zero-order chi connectivity index (χ0) is 13.4. The highest BCUT2D eigenvalue weighted by molar-refractivity contribution is 5.34. The van der Waals surface area contributed by atoms with Gasteiger partial charge in [-0.1, -0.05) is 13.8 Å². The average molecular weight is 261 g/mol. The van der Waals surface area contributed by atoms with Crippen LogP contribution < -0.4 is 10.5 Å². The van der Waals surface area contributed by atoms with Gasteiger partial charge in [0.2, 0.25) is 5.88 Å². The number of hydrogen-bond acceptors (Lipinski definition) is 4. The van der Waals surface area contributed by atoms with Crippen LogP contribution in [0.4, 0.5) is 5.82 Å². The summed E-state index contributed by atoms with van der Waals surface area (Å²) in [4.78, 5) is 8.83. The molecule has 0 amide bonds. The molecule has 0 aliphatic heterocycles. The number of rotatable bonds is 3. The van der Waals surface area contributed by atoms with Gasteiger partial charge >= 0.3 is 0 Å². The van der Waals surface area contributed by atoms with E-state index in [4.69, 9.17) is 10.5 Å². The fourth-order valence-corrected chi connectivity index (χ4v) is 3.19. The van der Waals surface area contributed by atoms with E-state index >= 15 is 0 Å². The molecule has 2 atom stereocenters. The molecular formula is C15H23N3O. The predicted molar refractivity (Wildman–Crippen MR) is 75.0 cm³/mol. The van der Waals surface area contributed by atoms with Crippen LogP contribution in [-0.2, 0) is 0 Å². The summed E-state index contributed by atoms with van der Waals surface area (Å²) in [7, 11) is 0. The molecular weight excluding hydrogens is 238 g/mol. The molecule has 2 N–H and O–H groups in total. The van der Waals surface area contributed by atoms with E-state index in [0.717, 1.165) is 30.5 Å². The van der Waals surface area contributed by atoms with Gasteiger partial charge in [-0.2, -0.15) is 4.98 Å². The zero-order valence-corrected chi connectivity index (χ0v) is 11.8. The van der Waals surface area contributed by atoms with Crippen LogP contribution in [-0.4, -0.2) is 16.1 Å². The van der Waals surface area contributed by atoms with Gasteiger partial charge in [0.05, 0.1) is 0 Å². The molecule has 4 heteroatoms. The second kappa shape index (κ2) is 4.99. The van der Waals surface area contributed by atoms with Crippen LogP contribution in [0.2, 0.25) is 0 Å². The zero-order valence-electron chi connectivity index (χ0n) is 11.8. The van der Waals surface area contributed by atoms with E-state index in [0.29, 0.717) is 17.6 Å². The molecule has 2 saturated carbocycles. The molecule has 1 heterocycles. The summed E-state index contributed by atoms with van der Waals surface area (Å²) < 4.78 is 6.06. The molecule has 0 spiro atoms. The molecule has 2 unspecified atom stereocenters. The Morgan fingerprint density at radius 3 is 2.42 bits per heavy atom. The van der Waals surface area contributed by atoms with E-state index in [1.165, 1.54) is 19.3 Å². The van der Waals surface area contributed by atoms with E-state index in [-0.39, 0.29) is 6.10 Å². The lowest BCUT2D eigenvalue weighted by molar-refractivity contribution is 0.0964. The molecule has 2 aliphatic carbocycles. The van der Waals surface area contributed by atoms with Crippen molar-refractivity contribution in [1.82, 2.24) is 9.97 Å². The minimum absolute atomic E-state index is 0.278. The third-order valence-corrected chi connectivity index (χ3v) is 4.10. The van der Waals surface area contributed by atoms with Gasteiger partial charge in [0.25, 0.3) is 0 Å². The highest BCUT2D eigenvalue weighted by Crippen LogP contribution is 2.39. The van der Waals surface area contributed by atoms with Crippen molar-refractivity contribution in [3.8, 4) is 5.88 Å². The summed E-state index contributed by atoms with van der Waals surface area (Å²) in [6, 6.07) is 1.76. The molecule has 2 aliphatic rings. The van der Waals surface area contributed by atoms with Gasteiger partial charge in [0.15, 0.2) is 0 Å². The Morgan fingerprint density at radius 2 is 1.79 bits per heavy atom. The van der Waals surface area contributed by atoms with Gasteiger partial charge < -0.3 is 10.5 Å².